The molecule has 0 fully saturated rings. The standard InChI is InChI=1S/C15H18BrN3OS.C8H11NO2S.C7H9BrN2.ClH/c1-9-10(5-6-12(16)19-9)7-17-13(20)11-8-18-14(21-11)15(2,3)4;1-8(2,3)7-9-4-5(12-7)6(10)11;1-5-6(4-9)2-3-7(8)10-5;/h5-6,8H,7H2,1-4H3,(H,17,20);4H,1-3H3,(H,10,11);2-3H,4,9H2,1H3;1H. The topological polar surface area (TPSA) is 144 Å². The van der Waals surface area contributed by atoms with Crippen molar-refractivity contribution in [2.75, 3.05) is 0 Å². The Morgan fingerprint density at radius 3 is 1.61 bits per heavy atom. The summed E-state index contributed by atoms with van der Waals surface area (Å²) >= 11 is 9.28. The van der Waals surface area contributed by atoms with Gasteiger partial charge in [0.25, 0.3) is 5.91 Å². The molecule has 0 saturated heterocycles. The van der Waals surface area contributed by atoms with Crippen LogP contribution in [0.3, 0.4) is 0 Å². The molecule has 1 amide bonds. The fraction of sp³-hybridized carbons (Fsp3) is 0.400. The highest BCUT2D eigenvalue weighted by Gasteiger charge is 2.21. The molecular weight excluding hydrogens is 752 g/mol. The number of nitrogens with one attached hydrogen (secondary N) is 1. The fourth-order valence-electron chi connectivity index (χ4n) is 3.23. The molecule has 0 spiro atoms. The molecule has 0 aliphatic rings. The lowest BCUT2D eigenvalue weighted by atomic mass is 9.98. The van der Waals surface area contributed by atoms with Crippen molar-refractivity contribution in [2.45, 2.75) is 79.3 Å². The van der Waals surface area contributed by atoms with Crippen LogP contribution < -0.4 is 11.1 Å². The SMILES string of the molecule is CC(C)(C)c1ncc(C(=O)O)s1.Cc1nc(Br)ccc1CN.Cc1nc(Br)ccc1CNC(=O)c1cnc(C(C)(C)C)s1.Cl. The third kappa shape index (κ3) is 12.6. The zero-order chi connectivity index (χ0) is 32.5. The number of pyridine rings is 2. The van der Waals surface area contributed by atoms with Gasteiger partial charge in [-0.1, -0.05) is 53.7 Å². The maximum atomic E-state index is 12.2. The molecular formula is C30H39Br2ClN6O3S2. The number of aromatic carboxylic acids is 1. The number of hydrogen-bond acceptors (Lipinski definition) is 9. The number of amides is 1. The van der Waals surface area contributed by atoms with E-state index in [0.29, 0.717) is 22.8 Å². The smallest absolute Gasteiger partial charge is 0.347 e. The van der Waals surface area contributed by atoms with E-state index < -0.39 is 5.97 Å². The normalized spacial score (nSPS) is 10.9. The van der Waals surface area contributed by atoms with Gasteiger partial charge in [-0.05, 0) is 69.0 Å². The molecule has 0 saturated carbocycles. The summed E-state index contributed by atoms with van der Waals surface area (Å²) in [4.78, 5) is 40.5. The van der Waals surface area contributed by atoms with Gasteiger partial charge in [0.1, 0.15) is 19.0 Å². The van der Waals surface area contributed by atoms with Crippen LogP contribution in [0.4, 0.5) is 0 Å². The first-order valence-electron chi connectivity index (χ1n) is 13.3. The molecule has 4 aromatic rings. The maximum absolute atomic E-state index is 12.2. The molecule has 0 bridgehead atoms. The molecule has 240 valence electrons. The Hall–Kier alpha value is -2.29. The van der Waals surface area contributed by atoms with Gasteiger partial charge in [-0.15, -0.1) is 35.1 Å². The third-order valence-corrected chi connectivity index (χ3v) is 9.43. The minimum absolute atomic E-state index is 0. The highest BCUT2D eigenvalue weighted by atomic mass is 79.9. The van der Waals surface area contributed by atoms with E-state index in [2.05, 4.69) is 77.9 Å². The van der Waals surface area contributed by atoms with E-state index in [9.17, 15) is 9.59 Å². The molecule has 0 aliphatic carbocycles. The van der Waals surface area contributed by atoms with Crippen LogP contribution in [0, 0.1) is 13.8 Å². The Morgan fingerprint density at radius 1 is 0.818 bits per heavy atom. The van der Waals surface area contributed by atoms with Crippen molar-refractivity contribution in [3.05, 3.63) is 88.1 Å². The number of nitrogens with zero attached hydrogens (tertiary/aromatic N) is 4. The number of thiazole rings is 2. The summed E-state index contributed by atoms with van der Waals surface area (Å²) < 4.78 is 1.66. The van der Waals surface area contributed by atoms with Crippen LogP contribution >= 0.6 is 66.9 Å². The first-order chi connectivity index (χ1) is 19.9. The molecule has 9 nitrogen and oxygen atoms in total. The predicted molar refractivity (Wildman–Crippen MR) is 188 cm³/mol. The van der Waals surface area contributed by atoms with Gasteiger partial charge in [-0.3, -0.25) is 4.79 Å². The van der Waals surface area contributed by atoms with E-state index in [-0.39, 0.29) is 29.1 Å². The van der Waals surface area contributed by atoms with E-state index in [4.69, 9.17) is 10.8 Å². The van der Waals surface area contributed by atoms with Crippen molar-refractivity contribution >= 4 is 78.8 Å². The van der Waals surface area contributed by atoms with Gasteiger partial charge in [0.05, 0.1) is 22.4 Å². The van der Waals surface area contributed by atoms with Crippen molar-refractivity contribution in [1.29, 1.82) is 0 Å². The zero-order valence-corrected chi connectivity index (χ0v) is 31.6. The molecule has 4 rings (SSSR count). The van der Waals surface area contributed by atoms with Crippen LogP contribution in [0.25, 0.3) is 0 Å². The number of nitrogens with two attached hydrogens (primary N) is 1. The lowest BCUT2D eigenvalue weighted by Crippen LogP contribution is -2.22. The first kappa shape index (κ1) is 39.7. The minimum Gasteiger partial charge on any atom is -0.477 e. The molecule has 0 unspecified atom stereocenters. The lowest BCUT2D eigenvalue weighted by Gasteiger charge is -2.13. The molecule has 0 radical (unpaired) electrons. The summed E-state index contributed by atoms with van der Waals surface area (Å²) in [5.41, 5.74) is 9.37. The Labute approximate surface area is 290 Å². The number of rotatable bonds is 5. The summed E-state index contributed by atoms with van der Waals surface area (Å²) in [6.07, 6.45) is 3.06. The molecule has 44 heavy (non-hydrogen) atoms. The predicted octanol–water partition coefficient (Wildman–Crippen LogP) is 8.01. The summed E-state index contributed by atoms with van der Waals surface area (Å²) in [7, 11) is 0. The first-order valence-corrected chi connectivity index (χ1v) is 16.5. The summed E-state index contributed by atoms with van der Waals surface area (Å²) in [6, 6.07) is 7.71. The molecule has 0 aliphatic heterocycles. The second-order valence-corrected chi connectivity index (χ2v) is 15.2. The van der Waals surface area contributed by atoms with Gasteiger partial charge in [-0.2, -0.15) is 0 Å². The number of halogens is 3. The molecule has 0 aromatic carbocycles. The monoisotopic (exact) mass is 788 g/mol. The zero-order valence-electron chi connectivity index (χ0n) is 26.0. The van der Waals surface area contributed by atoms with Gasteiger partial charge >= 0.3 is 5.97 Å². The third-order valence-electron chi connectivity index (χ3n) is 5.71. The van der Waals surface area contributed by atoms with Crippen LogP contribution in [0.15, 0.2) is 45.9 Å². The summed E-state index contributed by atoms with van der Waals surface area (Å²) in [6.45, 7) is 17.2. The largest absolute Gasteiger partial charge is 0.477 e. The molecule has 14 heteroatoms. The van der Waals surface area contributed by atoms with Crippen LogP contribution in [0.2, 0.25) is 0 Å². The van der Waals surface area contributed by atoms with E-state index in [1.54, 1.807) is 6.20 Å². The number of aromatic nitrogens is 4. The van der Waals surface area contributed by atoms with E-state index >= 15 is 0 Å². The second kappa shape index (κ2) is 17.4. The number of carbonyl (C=O) groups excluding carboxylic acids is 1. The number of carboxylic acids is 1. The average Bonchev–Trinajstić information content (AvgIpc) is 3.60. The van der Waals surface area contributed by atoms with Crippen LogP contribution in [-0.4, -0.2) is 36.9 Å². The second-order valence-electron chi connectivity index (χ2n) is 11.5. The van der Waals surface area contributed by atoms with Crippen LogP contribution in [-0.2, 0) is 23.9 Å². The number of carboxylic acid groups (broad SMARTS) is 1. The maximum Gasteiger partial charge on any atom is 0.347 e. The van der Waals surface area contributed by atoms with E-state index in [1.807, 2.05) is 58.9 Å². The Morgan fingerprint density at radius 2 is 1.25 bits per heavy atom. The molecule has 4 aromatic heterocycles. The Balaban J connectivity index is 0.000000358. The van der Waals surface area contributed by atoms with Gasteiger partial charge < -0.3 is 16.2 Å². The Bertz CT molecular complexity index is 1550. The fourth-order valence-corrected chi connectivity index (χ4v) is 5.73. The number of carbonyl (C=O) groups is 2. The van der Waals surface area contributed by atoms with Crippen LogP contribution in [0.5, 0.6) is 0 Å². The van der Waals surface area contributed by atoms with Gasteiger partial charge in [0, 0.05) is 35.3 Å². The molecule has 4 N–H and O–H groups in total. The summed E-state index contributed by atoms with van der Waals surface area (Å²) in [5, 5.41) is 13.4. The van der Waals surface area contributed by atoms with Gasteiger partial charge in [0.15, 0.2) is 0 Å². The number of aryl methyl sites for hydroxylation is 2. The molecule has 0 atom stereocenters. The van der Waals surface area contributed by atoms with Crippen LogP contribution in [0.1, 0.15) is 93.4 Å². The van der Waals surface area contributed by atoms with Crippen molar-refractivity contribution in [3.8, 4) is 0 Å². The van der Waals surface area contributed by atoms with Crippen molar-refractivity contribution in [1.82, 2.24) is 25.3 Å². The van der Waals surface area contributed by atoms with Gasteiger partial charge in [-0.25, -0.2) is 24.7 Å². The quantitative estimate of drug-likeness (QED) is 0.173. The average molecular weight is 791 g/mol. The Kier molecular flexibility index (Phi) is 15.7. The van der Waals surface area contributed by atoms with Crippen molar-refractivity contribution in [2.24, 2.45) is 5.73 Å². The van der Waals surface area contributed by atoms with E-state index in [0.717, 1.165) is 41.7 Å². The summed E-state index contributed by atoms with van der Waals surface area (Å²) in [5.74, 6) is -0.992. The number of hydrogen-bond donors (Lipinski definition) is 3. The minimum atomic E-state index is -0.900. The lowest BCUT2D eigenvalue weighted by molar-refractivity contribution is 0.0701. The van der Waals surface area contributed by atoms with E-state index in [1.165, 1.54) is 28.9 Å². The van der Waals surface area contributed by atoms with Crippen molar-refractivity contribution in [3.63, 3.8) is 0 Å². The highest BCUT2D eigenvalue weighted by molar-refractivity contribution is 9.10. The van der Waals surface area contributed by atoms with Crippen molar-refractivity contribution < 1.29 is 14.7 Å². The highest BCUT2D eigenvalue weighted by Crippen LogP contribution is 2.27. The van der Waals surface area contributed by atoms with Gasteiger partial charge in [0.2, 0.25) is 0 Å². The molecule has 4 heterocycles.